The molecule has 0 unspecified atom stereocenters. The van der Waals surface area contributed by atoms with Crippen molar-refractivity contribution in [2.45, 2.75) is 0 Å². The summed E-state index contributed by atoms with van der Waals surface area (Å²) in [5.41, 5.74) is 3.34. The maximum Gasteiger partial charge on any atom is 0.281 e. The normalized spacial score (nSPS) is 10.6. The Kier molecular flexibility index (Phi) is 4.70. The summed E-state index contributed by atoms with van der Waals surface area (Å²) in [6.45, 7) is 0. The van der Waals surface area contributed by atoms with E-state index in [1.54, 1.807) is 19.4 Å². The van der Waals surface area contributed by atoms with Crippen molar-refractivity contribution >= 4 is 39.4 Å². The quantitative estimate of drug-likeness (QED) is 0.687. The zero-order valence-electron chi connectivity index (χ0n) is 10.1. The van der Waals surface area contributed by atoms with Crippen molar-refractivity contribution in [3.05, 3.63) is 50.6 Å². The number of amides is 1. The third-order valence-electron chi connectivity index (χ3n) is 2.30. The minimum Gasteiger partial charge on any atom is -0.496 e. The molecule has 1 aromatic heterocycles. The molecule has 0 radical (unpaired) electrons. The minimum atomic E-state index is -0.209. The summed E-state index contributed by atoms with van der Waals surface area (Å²) in [7, 11) is 1.61. The fraction of sp³-hybridized carbons (Fsp3) is 0.0769. The average Bonchev–Trinajstić information content (AvgIpc) is 2.93. The molecular weight excluding hydrogens is 328 g/mol. The molecule has 0 spiro atoms. The molecule has 0 atom stereocenters. The van der Waals surface area contributed by atoms with Crippen molar-refractivity contribution in [3.63, 3.8) is 0 Å². The number of nitrogens with zero attached hydrogens (tertiary/aromatic N) is 1. The minimum absolute atomic E-state index is 0.209. The standard InChI is InChI=1S/C13H11BrN2O2S/c1-18-11-5-4-9(7-10(11)14)8-15-16-13(17)12-3-2-6-19-12/h2-8H,1H3,(H,16,17). The third-order valence-corrected chi connectivity index (χ3v) is 3.79. The lowest BCUT2D eigenvalue weighted by Crippen LogP contribution is -2.16. The lowest BCUT2D eigenvalue weighted by Gasteiger charge is -2.03. The molecule has 0 aliphatic rings. The fourth-order valence-electron chi connectivity index (χ4n) is 1.39. The monoisotopic (exact) mass is 338 g/mol. The average molecular weight is 339 g/mol. The first kappa shape index (κ1) is 13.8. The molecule has 2 rings (SSSR count). The number of hydrogen-bond acceptors (Lipinski definition) is 4. The van der Waals surface area contributed by atoms with Gasteiger partial charge in [0.15, 0.2) is 0 Å². The summed E-state index contributed by atoms with van der Waals surface area (Å²) in [4.78, 5) is 12.3. The maximum absolute atomic E-state index is 11.6. The van der Waals surface area contributed by atoms with Gasteiger partial charge in [-0.1, -0.05) is 6.07 Å². The first-order valence-corrected chi connectivity index (χ1v) is 7.08. The van der Waals surface area contributed by atoms with Crippen molar-refractivity contribution in [1.29, 1.82) is 0 Å². The Hall–Kier alpha value is -1.66. The van der Waals surface area contributed by atoms with Crippen molar-refractivity contribution < 1.29 is 9.53 Å². The molecule has 1 heterocycles. The van der Waals surface area contributed by atoms with Crippen molar-refractivity contribution in [3.8, 4) is 5.75 Å². The van der Waals surface area contributed by atoms with Crippen LogP contribution in [-0.2, 0) is 0 Å². The Morgan fingerprint density at radius 2 is 2.32 bits per heavy atom. The van der Waals surface area contributed by atoms with Crippen LogP contribution in [0.15, 0.2) is 45.3 Å². The van der Waals surface area contributed by atoms with Gasteiger partial charge in [-0.3, -0.25) is 4.79 Å². The van der Waals surface area contributed by atoms with Crippen LogP contribution in [0.5, 0.6) is 5.75 Å². The van der Waals surface area contributed by atoms with E-state index in [9.17, 15) is 4.79 Å². The summed E-state index contributed by atoms with van der Waals surface area (Å²) < 4.78 is 5.97. The van der Waals surface area contributed by atoms with Crippen molar-refractivity contribution in [1.82, 2.24) is 5.43 Å². The van der Waals surface area contributed by atoms with E-state index < -0.39 is 0 Å². The smallest absolute Gasteiger partial charge is 0.281 e. The summed E-state index contributed by atoms with van der Waals surface area (Å²) in [5, 5.41) is 5.76. The van der Waals surface area contributed by atoms with E-state index in [0.29, 0.717) is 4.88 Å². The van der Waals surface area contributed by atoms with Gasteiger partial charge in [-0.2, -0.15) is 5.10 Å². The van der Waals surface area contributed by atoms with E-state index in [1.165, 1.54) is 11.3 Å². The molecule has 4 nitrogen and oxygen atoms in total. The second-order valence-corrected chi connectivity index (χ2v) is 5.37. The molecule has 0 saturated heterocycles. The number of rotatable bonds is 4. The SMILES string of the molecule is COc1ccc(C=NNC(=O)c2cccs2)cc1Br. The Labute approximate surface area is 123 Å². The van der Waals surface area contributed by atoms with Crippen LogP contribution in [0.1, 0.15) is 15.2 Å². The van der Waals surface area contributed by atoms with Gasteiger partial charge in [-0.25, -0.2) is 5.43 Å². The van der Waals surface area contributed by atoms with Gasteiger partial charge < -0.3 is 4.74 Å². The molecule has 0 aliphatic heterocycles. The van der Waals surface area contributed by atoms with Crippen LogP contribution in [0.4, 0.5) is 0 Å². The van der Waals surface area contributed by atoms with Gasteiger partial charge in [0.05, 0.1) is 22.7 Å². The number of ether oxygens (including phenoxy) is 1. The van der Waals surface area contributed by atoms with Gasteiger partial charge >= 0.3 is 0 Å². The van der Waals surface area contributed by atoms with Crippen LogP contribution < -0.4 is 10.2 Å². The molecular formula is C13H11BrN2O2S. The van der Waals surface area contributed by atoms with E-state index >= 15 is 0 Å². The second kappa shape index (κ2) is 6.49. The summed E-state index contributed by atoms with van der Waals surface area (Å²) in [5.74, 6) is 0.540. The van der Waals surface area contributed by atoms with E-state index in [4.69, 9.17) is 4.74 Å². The molecule has 0 fully saturated rings. The predicted octanol–water partition coefficient (Wildman–Crippen LogP) is 3.28. The van der Waals surface area contributed by atoms with Crippen molar-refractivity contribution in [2.24, 2.45) is 5.10 Å². The highest BCUT2D eigenvalue weighted by atomic mass is 79.9. The zero-order chi connectivity index (χ0) is 13.7. The number of nitrogens with one attached hydrogen (secondary N) is 1. The molecule has 98 valence electrons. The predicted molar refractivity (Wildman–Crippen MR) is 80.1 cm³/mol. The molecule has 1 N–H and O–H groups in total. The molecule has 0 aliphatic carbocycles. The van der Waals surface area contributed by atoms with E-state index in [1.807, 2.05) is 29.6 Å². The Morgan fingerprint density at radius 1 is 1.47 bits per heavy atom. The van der Waals surface area contributed by atoms with Crippen LogP contribution in [0, 0.1) is 0 Å². The zero-order valence-corrected chi connectivity index (χ0v) is 12.5. The number of carbonyl (C=O) groups excluding carboxylic acids is 1. The number of benzene rings is 1. The third kappa shape index (κ3) is 3.65. The molecule has 19 heavy (non-hydrogen) atoms. The summed E-state index contributed by atoms with van der Waals surface area (Å²) in [6, 6.07) is 9.11. The van der Waals surface area contributed by atoms with Crippen LogP contribution in [-0.4, -0.2) is 19.2 Å². The van der Waals surface area contributed by atoms with E-state index in [0.717, 1.165) is 15.8 Å². The number of hydrazone groups is 1. The Balaban J connectivity index is 1.99. The molecule has 0 bridgehead atoms. The summed E-state index contributed by atoms with van der Waals surface area (Å²) >= 11 is 4.76. The van der Waals surface area contributed by atoms with Crippen molar-refractivity contribution in [2.75, 3.05) is 7.11 Å². The maximum atomic E-state index is 11.6. The Bertz CT molecular complexity index is 597. The summed E-state index contributed by atoms with van der Waals surface area (Å²) in [6.07, 6.45) is 1.58. The van der Waals surface area contributed by atoms with Crippen LogP contribution in [0.25, 0.3) is 0 Å². The molecule has 6 heteroatoms. The number of carbonyl (C=O) groups is 1. The fourth-order valence-corrected chi connectivity index (χ4v) is 2.56. The van der Waals surface area contributed by atoms with Gasteiger partial charge in [-0.05, 0) is 51.1 Å². The first-order valence-electron chi connectivity index (χ1n) is 5.41. The molecule has 2 aromatic rings. The number of halogens is 1. The van der Waals surface area contributed by atoms with Crippen LogP contribution in [0.3, 0.4) is 0 Å². The molecule has 1 amide bonds. The molecule has 1 aromatic carbocycles. The largest absolute Gasteiger partial charge is 0.496 e. The van der Waals surface area contributed by atoms with Gasteiger partial charge in [0, 0.05) is 0 Å². The molecule has 0 saturated carbocycles. The van der Waals surface area contributed by atoms with E-state index in [-0.39, 0.29) is 5.91 Å². The number of hydrogen-bond donors (Lipinski definition) is 1. The number of thiophene rings is 1. The van der Waals surface area contributed by atoms with Crippen LogP contribution in [0.2, 0.25) is 0 Å². The highest BCUT2D eigenvalue weighted by Gasteiger charge is 2.04. The van der Waals surface area contributed by atoms with Crippen LogP contribution >= 0.6 is 27.3 Å². The topological polar surface area (TPSA) is 50.7 Å². The number of methoxy groups -OCH3 is 1. The van der Waals surface area contributed by atoms with Gasteiger partial charge in [0.1, 0.15) is 5.75 Å². The first-order chi connectivity index (χ1) is 9.20. The highest BCUT2D eigenvalue weighted by molar-refractivity contribution is 9.10. The highest BCUT2D eigenvalue weighted by Crippen LogP contribution is 2.24. The second-order valence-electron chi connectivity index (χ2n) is 3.57. The Morgan fingerprint density at radius 3 is 2.95 bits per heavy atom. The lowest BCUT2D eigenvalue weighted by atomic mass is 10.2. The van der Waals surface area contributed by atoms with Gasteiger partial charge in [0.25, 0.3) is 5.91 Å². The van der Waals surface area contributed by atoms with Gasteiger partial charge in [0.2, 0.25) is 0 Å². The van der Waals surface area contributed by atoms with Gasteiger partial charge in [-0.15, -0.1) is 11.3 Å². The lowest BCUT2D eigenvalue weighted by molar-refractivity contribution is 0.0959. The van der Waals surface area contributed by atoms with E-state index in [2.05, 4.69) is 26.5 Å².